The summed E-state index contributed by atoms with van der Waals surface area (Å²) < 4.78 is 5.80. The second-order valence-electron chi connectivity index (χ2n) is 5.25. The van der Waals surface area contributed by atoms with Crippen molar-refractivity contribution in [3.05, 3.63) is 28.8 Å². The van der Waals surface area contributed by atoms with Gasteiger partial charge >= 0.3 is 0 Å². The maximum absolute atomic E-state index is 11.4. The van der Waals surface area contributed by atoms with Crippen LogP contribution < -0.4 is 15.8 Å². The molecular formula is C15H24N2O2. The molecule has 0 aliphatic rings. The number of nitrogens with two attached hydrogens (primary N) is 1. The number of primary amides is 1. The number of nitrogens with one attached hydrogen (secondary N) is 1. The van der Waals surface area contributed by atoms with Crippen molar-refractivity contribution in [3.8, 4) is 5.75 Å². The van der Waals surface area contributed by atoms with Gasteiger partial charge in [-0.3, -0.25) is 4.79 Å². The number of carbonyl (C=O) groups is 1. The normalized spacial score (nSPS) is 13.9. The third-order valence-corrected chi connectivity index (χ3v) is 3.72. The Morgan fingerprint density at radius 2 is 2.00 bits per heavy atom. The van der Waals surface area contributed by atoms with Crippen molar-refractivity contribution < 1.29 is 9.53 Å². The monoisotopic (exact) mass is 264 g/mol. The minimum atomic E-state index is -0.729. The topological polar surface area (TPSA) is 64.3 Å². The Morgan fingerprint density at radius 1 is 1.37 bits per heavy atom. The van der Waals surface area contributed by atoms with Crippen LogP contribution in [0.5, 0.6) is 5.75 Å². The Kier molecular flexibility index (Phi) is 4.95. The van der Waals surface area contributed by atoms with Crippen LogP contribution in [0.15, 0.2) is 12.1 Å². The van der Waals surface area contributed by atoms with Gasteiger partial charge in [-0.05, 0) is 57.5 Å². The molecule has 0 radical (unpaired) electrons. The van der Waals surface area contributed by atoms with Crippen molar-refractivity contribution in [2.75, 3.05) is 13.7 Å². The van der Waals surface area contributed by atoms with Crippen LogP contribution in [0.25, 0.3) is 0 Å². The van der Waals surface area contributed by atoms with Gasteiger partial charge in [0.25, 0.3) is 0 Å². The van der Waals surface area contributed by atoms with E-state index < -0.39 is 5.54 Å². The zero-order valence-electron chi connectivity index (χ0n) is 12.5. The van der Waals surface area contributed by atoms with Crippen molar-refractivity contribution in [1.82, 2.24) is 5.32 Å². The SMILES string of the molecule is CNC(C)(CCOc1cc(C)cc(C)c1C)C(N)=O. The van der Waals surface area contributed by atoms with Crippen LogP contribution in [0, 0.1) is 20.8 Å². The number of ether oxygens (including phenoxy) is 1. The molecule has 4 nitrogen and oxygen atoms in total. The standard InChI is InChI=1S/C15H24N2O2/c1-10-8-11(2)12(3)13(9-10)19-7-6-15(4,17-5)14(16)18/h8-9,17H,6-7H2,1-5H3,(H2,16,18). The fourth-order valence-electron chi connectivity index (χ4n) is 1.89. The second kappa shape index (κ2) is 6.06. The summed E-state index contributed by atoms with van der Waals surface area (Å²) in [6.45, 7) is 8.38. The van der Waals surface area contributed by atoms with Crippen molar-refractivity contribution >= 4 is 5.91 Å². The molecule has 0 saturated carbocycles. The lowest BCUT2D eigenvalue weighted by molar-refractivity contribution is -0.124. The van der Waals surface area contributed by atoms with Crippen LogP contribution in [-0.2, 0) is 4.79 Å². The fourth-order valence-corrected chi connectivity index (χ4v) is 1.89. The Labute approximate surface area is 115 Å². The zero-order valence-corrected chi connectivity index (χ0v) is 12.5. The van der Waals surface area contributed by atoms with E-state index in [9.17, 15) is 4.79 Å². The largest absolute Gasteiger partial charge is 0.493 e. The van der Waals surface area contributed by atoms with Gasteiger partial charge in [-0.15, -0.1) is 0 Å². The van der Waals surface area contributed by atoms with E-state index in [4.69, 9.17) is 10.5 Å². The molecule has 106 valence electrons. The number of rotatable bonds is 6. The number of aryl methyl sites for hydroxylation is 2. The molecule has 19 heavy (non-hydrogen) atoms. The van der Waals surface area contributed by atoms with Crippen molar-refractivity contribution in [1.29, 1.82) is 0 Å². The Hall–Kier alpha value is -1.55. The van der Waals surface area contributed by atoms with Gasteiger partial charge < -0.3 is 15.8 Å². The molecular weight excluding hydrogens is 240 g/mol. The summed E-state index contributed by atoms with van der Waals surface area (Å²) in [4.78, 5) is 11.4. The fraction of sp³-hybridized carbons (Fsp3) is 0.533. The van der Waals surface area contributed by atoms with Crippen LogP contribution in [0.2, 0.25) is 0 Å². The smallest absolute Gasteiger partial charge is 0.237 e. The number of carbonyl (C=O) groups excluding carboxylic acids is 1. The summed E-state index contributed by atoms with van der Waals surface area (Å²) in [5.41, 5.74) is 8.17. The number of likely N-dealkylation sites (N-methyl/N-ethyl adjacent to an activating group) is 1. The average molecular weight is 264 g/mol. The van der Waals surface area contributed by atoms with Crippen molar-refractivity contribution in [2.45, 2.75) is 39.7 Å². The summed E-state index contributed by atoms with van der Waals surface area (Å²) in [6.07, 6.45) is 0.533. The lowest BCUT2D eigenvalue weighted by Gasteiger charge is -2.25. The van der Waals surface area contributed by atoms with E-state index in [1.54, 1.807) is 14.0 Å². The molecule has 1 amide bonds. The first-order valence-electron chi connectivity index (χ1n) is 6.49. The molecule has 1 rings (SSSR count). The van der Waals surface area contributed by atoms with Gasteiger partial charge in [0.2, 0.25) is 5.91 Å². The van der Waals surface area contributed by atoms with E-state index in [1.807, 2.05) is 19.9 Å². The Bertz CT molecular complexity index is 471. The molecule has 0 aliphatic heterocycles. The van der Waals surface area contributed by atoms with Crippen molar-refractivity contribution in [3.63, 3.8) is 0 Å². The minimum Gasteiger partial charge on any atom is -0.493 e. The molecule has 0 bridgehead atoms. The summed E-state index contributed by atoms with van der Waals surface area (Å²) in [5.74, 6) is 0.510. The predicted octanol–water partition coefficient (Wildman–Crippen LogP) is 1.84. The molecule has 0 saturated heterocycles. The predicted molar refractivity (Wildman–Crippen MR) is 77.4 cm³/mol. The number of benzene rings is 1. The highest BCUT2D eigenvalue weighted by atomic mass is 16.5. The molecule has 0 fully saturated rings. The average Bonchev–Trinajstić information content (AvgIpc) is 2.34. The van der Waals surface area contributed by atoms with Crippen LogP contribution in [0.4, 0.5) is 0 Å². The number of hydrogen-bond acceptors (Lipinski definition) is 3. The number of amides is 1. The first kappa shape index (κ1) is 15.5. The highest BCUT2D eigenvalue weighted by molar-refractivity contribution is 5.84. The van der Waals surface area contributed by atoms with Gasteiger partial charge in [0.15, 0.2) is 0 Å². The summed E-state index contributed by atoms with van der Waals surface area (Å²) >= 11 is 0. The van der Waals surface area contributed by atoms with E-state index in [0.717, 1.165) is 11.3 Å². The highest BCUT2D eigenvalue weighted by Gasteiger charge is 2.28. The van der Waals surface area contributed by atoms with E-state index in [2.05, 4.69) is 18.3 Å². The lowest BCUT2D eigenvalue weighted by Crippen LogP contribution is -2.52. The molecule has 1 aromatic rings. The van der Waals surface area contributed by atoms with Gasteiger partial charge in [0.05, 0.1) is 12.1 Å². The molecule has 0 aliphatic carbocycles. The van der Waals surface area contributed by atoms with Crippen LogP contribution >= 0.6 is 0 Å². The van der Waals surface area contributed by atoms with E-state index >= 15 is 0 Å². The third kappa shape index (κ3) is 3.70. The molecule has 1 atom stereocenters. The van der Waals surface area contributed by atoms with E-state index in [-0.39, 0.29) is 5.91 Å². The van der Waals surface area contributed by atoms with E-state index in [1.165, 1.54) is 11.1 Å². The van der Waals surface area contributed by atoms with Crippen LogP contribution in [0.1, 0.15) is 30.0 Å². The van der Waals surface area contributed by atoms with Crippen LogP contribution in [0.3, 0.4) is 0 Å². The molecule has 3 N–H and O–H groups in total. The molecule has 1 aromatic carbocycles. The molecule has 0 aromatic heterocycles. The van der Waals surface area contributed by atoms with Gasteiger partial charge in [-0.25, -0.2) is 0 Å². The maximum atomic E-state index is 11.4. The summed E-state index contributed by atoms with van der Waals surface area (Å²) in [6, 6.07) is 4.15. The highest BCUT2D eigenvalue weighted by Crippen LogP contribution is 2.23. The Balaban J connectivity index is 2.71. The lowest BCUT2D eigenvalue weighted by atomic mass is 9.98. The van der Waals surface area contributed by atoms with E-state index in [0.29, 0.717) is 13.0 Å². The summed E-state index contributed by atoms with van der Waals surface area (Å²) in [7, 11) is 1.73. The molecule has 1 unspecified atom stereocenters. The van der Waals surface area contributed by atoms with Crippen molar-refractivity contribution in [2.24, 2.45) is 5.73 Å². The third-order valence-electron chi connectivity index (χ3n) is 3.72. The first-order valence-corrected chi connectivity index (χ1v) is 6.49. The number of hydrogen-bond donors (Lipinski definition) is 2. The molecule has 0 spiro atoms. The quantitative estimate of drug-likeness (QED) is 0.824. The molecule has 4 heteroatoms. The molecule has 0 heterocycles. The zero-order chi connectivity index (χ0) is 14.6. The Morgan fingerprint density at radius 3 is 2.53 bits per heavy atom. The van der Waals surface area contributed by atoms with Gasteiger partial charge in [-0.1, -0.05) is 6.07 Å². The van der Waals surface area contributed by atoms with Gasteiger partial charge in [0, 0.05) is 6.42 Å². The van der Waals surface area contributed by atoms with Gasteiger partial charge in [-0.2, -0.15) is 0 Å². The first-order chi connectivity index (χ1) is 8.80. The maximum Gasteiger partial charge on any atom is 0.237 e. The summed E-state index contributed by atoms with van der Waals surface area (Å²) in [5, 5.41) is 2.95. The van der Waals surface area contributed by atoms with Gasteiger partial charge in [0.1, 0.15) is 5.75 Å². The van der Waals surface area contributed by atoms with Crippen LogP contribution in [-0.4, -0.2) is 25.1 Å². The second-order valence-corrected chi connectivity index (χ2v) is 5.25. The minimum absolute atomic E-state index is 0.365.